The first-order valence-corrected chi connectivity index (χ1v) is 10.0. The molecule has 0 saturated carbocycles. The molecule has 2 aromatic carbocycles. The number of hydrogen-bond acceptors (Lipinski definition) is 5. The molecular weight excluding hydrogens is 415 g/mol. The lowest BCUT2D eigenvalue weighted by molar-refractivity contribution is -0.137. The first kappa shape index (κ1) is 20.3. The Balaban J connectivity index is 1.68. The minimum Gasteiger partial charge on any atom is -0.324 e. The molecule has 0 unspecified atom stereocenters. The van der Waals surface area contributed by atoms with Crippen molar-refractivity contribution in [2.75, 3.05) is 10.7 Å². The van der Waals surface area contributed by atoms with Crippen molar-refractivity contribution in [1.82, 2.24) is 14.9 Å². The third-order valence-electron chi connectivity index (χ3n) is 4.78. The highest BCUT2D eigenvalue weighted by Gasteiger charge is 2.39. The van der Waals surface area contributed by atoms with Gasteiger partial charge in [0.2, 0.25) is 11.1 Å². The smallest absolute Gasteiger partial charge is 0.324 e. The van der Waals surface area contributed by atoms with Crippen LogP contribution in [0.3, 0.4) is 0 Å². The van der Waals surface area contributed by atoms with Gasteiger partial charge in [0.1, 0.15) is 11.1 Å². The van der Waals surface area contributed by atoms with Gasteiger partial charge in [-0.05, 0) is 31.5 Å². The van der Waals surface area contributed by atoms with Crippen LogP contribution in [0, 0.1) is 13.8 Å². The van der Waals surface area contributed by atoms with E-state index in [0.29, 0.717) is 11.0 Å². The largest absolute Gasteiger partial charge is 0.418 e. The van der Waals surface area contributed by atoms with Gasteiger partial charge < -0.3 is 10.7 Å². The van der Waals surface area contributed by atoms with Crippen LogP contribution in [0.1, 0.15) is 28.6 Å². The summed E-state index contributed by atoms with van der Waals surface area (Å²) in [6.45, 7) is 3.73. The van der Waals surface area contributed by atoms with Gasteiger partial charge >= 0.3 is 6.18 Å². The maximum absolute atomic E-state index is 13.3. The van der Waals surface area contributed by atoms with Gasteiger partial charge in [0.15, 0.2) is 0 Å². The molecule has 0 radical (unpaired) electrons. The van der Waals surface area contributed by atoms with Crippen molar-refractivity contribution in [2.45, 2.75) is 36.5 Å². The fourth-order valence-electron chi connectivity index (χ4n) is 3.23. The highest BCUT2D eigenvalue weighted by molar-refractivity contribution is 8.00. The number of amides is 1. The topological polar surface area (TPSA) is 71.8 Å². The van der Waals surface area contributed by atoms with Gasteiger partial charge in [-0.2, -0.15) is 13.2 Å². The van der Waals surface area contributed by atoms with Crippen LogP contribution in [0.25, 0.3) is 0 Å². The van der Waals surface area contributed by atoms with E-state index in [1.807, 2.05) is 31.2 Å². The second-order valence-electron chi connectivity index (χ2n) is 6.95. The summed E-state index contributed by atoms with van der Waals surface area (Å²) in [5.41, 5.74) is 3.95. The van der Waals surface area contributed by atoms with Crippen molar-refractivity contribution in [2.24, 2.45) is 0 Å². The molecule has 2 atom stereocenters. The summed E-state index contributed by atoms with van der Waals surface area (Å²) in [5.74, 6) is 0.0672. The second kappa shape index (κ2) is 7.67. The number of nitrogens with one attached hydrogen (secondary N) is 2. The lowest BCUT2D eigenvalue weighted by Crippen LogP contribution is -2.41. The van der Waals surface area contributed by atoms with Crippen molar-refractivity contribution in [3.05, 3.63) is 71.0 Å². The standard InChI is InChI=1S/C20H18F3N5OS/c1-11-7-9-13(10-8-11)16-17(30-19-26-25-12(2)28(19)27-16)18(29)24-15-6-4-3-5-14(15)20(21,22)23/h3-10,16-17,27H,1-2H3,(H,24,29)/t16-,17-/m1/s1. The van der Waals surface area contributed by atoms with Crippen LogP contribution in [-0.4, -0.2) is 26.0 Å². The molecule has 1 amide bonds. The summed E-state index contributed by atoms with van der Waals surface area (Å²) in [6, 6.07) is 12.1. The van der Waals surface area contributed by atoms with E-state index in [-0.39, 0.29) is 5.69 Å². The number of aryl methyl sites for hydroxylation is 2. The quantitative estimate of drug-likeness (QED) is 0.644. The highest BCUT2D eigenvalue weighted by Crippen LogP contribution is 2.39. The normalized spacial score (nSPS) is 18.4. The highest BCUT2D eigenvalue weighted by atomic mass is 32.2. The number of aromatic nitrogens is 3. The van der Waals surface area contributed by atoms with Crippen molar-refractivity contribution < 1.29 is 18.0 Å². The number of alkyl halides is 3. The van der Waals surface area contributed by atoms with Crippen LogP contribution < -0.4 is 10.7 Å². The number of benzene rings is 2. The molecule has 1 aromatic heterocycles. The van der Waals surface area contributed by atoms with Crippen LogP contribution in [0.4, 0.5) is 18.9 Å². The summed E-state index contributed by atoms with van der Waals surface area (Å²) in [6.07, 6.45) is -4.57. The van der Waals surface area contributed by atoms with Crippen LogP contribution in [0.2, 0.25) is 0 Å². The van der Waals surface area contributed by atoms with E-state index < -0.39 is 28.9 Å². The van der Waals surface area contributed by atoms with Crippen molar-refractivity contribution in [3.8, 4) is 0 Å². The number of anilines is 1. The van der Waals surface area contributed by atoms with E-state index in [1.165, 1.54) is 18.2 Å². The summed E-state index contributed by atoms with van der Waals surface area (Å²) in [7, 11) is 0. The molecule has 156 valence electrons. The van der Waals surface area contributed by atoms with E-state index in [1.54, 1.807) is 11.6 Å². The van der Waals surface area contributed by atoms with Crippen LogP contribution >= 0.6 is 11.8 Å². The fourth-order valence-corrected chi connectivity index (χ4v) is 4.35. The van der Waals surface area contributed by atoms with Crippen LogP contribution in [0.15, 0.2) is 53.7 Å². The fraction of sp³-hybridized carbons (Fsp3) is 0.250. The van der Waals surface area contributed by atoms with Gasteiger partial charge in [0.25, 0.3) is 0 Å². The van der Waals surface area contributed by atoms with E-state index in [9.17, 15) is 18.0 Å². The minimum atomic E-state index is -4.57. The molecule has 1 aliphatic rings. The van der Waals surface area contributed by atoms with Crippen molar-refractivity contribution >= 4 is 23.4 Å². The Labute approximate surface area is 174 Å². The van der Waals surface area contributed by atoms with Gasteiger partial charge in [-0.15, -0.1) is 10.2 Å². The van der Waals surface area contributed by atoms with Crippen LogP contribution in [-0.2, 0) is 11.0 Å². The molecule has 1 aliphatic heterocycles. The number of carbonyl (C=O) groups is 1. The van der Waals surface area contributed by atoms with E-state index in [2.05, 4.69) is 20.9 Å². The van der Waals surface area contributed by atoms with Crippen LogP contribution in [0.5, 0.6) is 0 Å². The summed E-state index contributed by atoms with van der Waals surface area (Å²) >= 11 is 1.16. The Morgan fingerprint density at radius 1 is 1.10 bits per heavy atom. The lowest BCUT2D eigenvalue weighted by Gasteiger charge is -2.33. The molecule has 4 rings (SSSR count). The van der Waals surface area contributed by atoms with E-state index in [0.717, 1.165) is 29.0 Å². The summed E-state index contributed by atoms with van der Waals surface area (Å²) < 4.78 is 41.7. The molecule has 0 spiro atoms. The monoisotopic (exact) mass is 433 g/mol. The SMILES string of the molecule is Cc1ccc([C@H]2Nn3c(C)nnc3S[C@H]2C(=O)Nc2ccccc2C(F)(F)F)cc1. The third kappa shape index (κ3) is 3.87. The molecule has 6 nitrogen and oxygen atoms in total. The Kier molecular flexibility index (Phi) is 5.19. The zero-order valence-electron chi connectivity index (χ0n) is 16.1. The molecule has 2 N–H and O–H groups in total. The number of hydrogen-bond donors (Lipinski definition) is 2. The lowest BCUT2D eigenvalue weighted by atomic mass is 10.0. The predicted octanol–water partition coefficient (Wildman–Crippen LogP) is 4.31. The number of carbonyl (C=O) groups excluding carboxylic acids is 1. The second-order valence-corrected chi connectivity index (χ2v) is 8.06. The van der Waals surface area contributed by atoms with E-state index in [4.69, 9.17) is 0 Å². The zero-order valence-corrected chi connectivity index (χ0v) is 16.9. The molecule has 0 saturated heterocycles. The maximum atomic E-state index is 13.3. The molecular formula is C20H18F3N5OS. The van der Waals surface area contributed by atoms with Crippen molar-refractivity contribution in [3.63, 3.8) is 0 Å². The Morgan fingerprint density at radius 2 is 1.80 bits per heavy atom. The van der Waals surface area contributed by atoms with Gasteiger partial charge in [0, 0.05) is 0 Å². The number of thioether (sulfide) groups is 1. The van der Waals surface area contributed by atoms with Gasteiger partial charge in [-0.25, -0.2) is 4.68 Å². The predicted molar refractivity (Wildman–Crippen MR) is 108 cm³/mol. The minimum absolute atomic E-state index is 0.276. The Hall–Kier alpha value is -3.01. The van der Waals surface area contributed by atoms with Crippen molar-refractivity contribution in [1.29, 1.82) is 0 Å². The molecule has 10 heteroatoms. The Bertz CT molecular complexity index is 1080. The van der Waals surface area contributed by atoms with Gasteiger partial charge in [-0.1, -0.05) is 53.7 Å². The first-order chi connectivity index (χ1) is 14.2. The average Bonchev–Trinajstić information content (AvgIpc) is 3.07. The van der Waals surface area contributed by atoms with E-state index >= 15 is 0 Å². The number of fused-ring (bicyclic) bond motifs is 1. The summed E-state index contributed by atoms with van der Waals surface area (Å²) in [4.78, 5) is 13.1. The van der Waals surface area contributed by atoms with Gasteiger partial charge in [0.05, 0.1) is 17.3 Å². The number of para-hydroxylation sites is 1. The molecule has 0 bridgehead atoms. The molecule has 2 heterocycles. The molecule has 0 fully saturated rings. The third-order valence-corrected chi connectivity index (χ3v) is 6.00. The maximum Gasteiger partial charge on any atom is 0.418 e. The zero-order chi connectivity index (χ0) is 21.5. The number of nitrogens with zero attached hydrogens (tertiary/aromatic N) is 3. The first-order valence-electron chi connectivity index (χ1n) is 9.13. The van der Waals surface area contributed by atoms with Gasteiger partial charge in [-0.3, -0.25) is 4.79 Å². The molecule has 0 aliphatic carbocycles. The summed E-state index contributed by atoms with van der Waals surface area (Å²) in [5, 5.41) is 10.2. The average molecular weight is 433 g/mol. The molecule has 30 heavy (non-hydrogen) atoms. The number of rotatable bonds is 3. The Morgan fingerprint density at radius 3 is 2.50 bits per heavy atom. The molecule has 3 aromatic rings. The number of halogens is 3.